The van der Waals surface area contributed by atoms with Crippen LogP contribution in [0, 0.1) is 0 Å². The highest BCUT2D eigenvalue weighted by Crippen LogP contribution is 2.66. The molecule has 4 nitrogen and oxygen atoms in total. The summed E-state index contributed by atoms with van der Waals surface area (Å²) in [4.78, 5) is 23.4. The van der Waals surface area contributed by atoms with Crippen LogP contribution >= 0.6 is 0 Å². The second-order valence-corrected chi connectivity index (χ2v) is 13.8. The third kappa shape index (κ3) is 13.2. The van der Waals surface area contributed by atoms with Crippen LogP contribution in [-0.2, 0) is 19.1 Å². The number of esters is 2. The normalized spacial score (nSPS) is 14.5. The second-order valence-electron chi connectivity index (χ2n) is 13.8. The highest BCUT2D eigenvalue weighted by molar-refractivity contribution is 5.77. The van der Waals surface area contributed by atoms with Gasteiger partial charge in [0.15, 0.2) is 0 Å². The van der Waals surface area contributed by atoms with E-state index in [9.17, 15) is 102 Å². The SMILES string of the molecule is CCCCCCCCCCCCCCCCCCOC(=O)CCC(=O)OCCC(F)(F)C(F)(F)C(F)(F)C(F)(F)C(F)(F)C(F)(F)C(F)(F)C(F)(F)C(F)(F)C(F)(F)F. The lowest BCUT2D eigenvalue weighted by atomic mass is 9.86. The van der Waals surface area contributed by atoms with Gasteiger partial charge in [-0.3, -0.25) is 9.59 Å². The molecule has 0 aliphatic rings. The van der Waals surface area contributed by atoms with Crippen molar-refractivity contribution in [2.45, 2.75) is 188 Å². The molecule has 0 fully saturated rings. The minimum Gasteiger partial charge on any atom is -0.466 e. The van der Waals surface area contributed by atoms with Crippen molar-refractivity contribution in [3.63, 3.8) is 0 Å². The molecule has 0 spiro atoms. The van der Waals surface area contributed by atoms with Crippen LogP contribution < -0.4 is 0 Å². The van der Waals surface area contributed by atoms with Gasteiger partial charge in [-0.1, -0.05) is 103 Å². The Bertz CT molecular complexity index is 1270. The predicted molar refractivity (Wildman–Crippen MR) is 166 cm³/mol. The van der Waals surface area contributed by atoms with Crippen molar-refractivity contribution >= 4 is 11.9 Å². The zero-order chi connectivity index (χ0) is 46.4. The van der Waals surface area contributed by atoms with Crippen LogP contribution in [0.2, 0.25) is 0 Å². The number of halogens is 21. The molecule has 0 unspecified atom stereocenters. The van der Waals surface area contributed by atoms with E-state index in [1.165, 1.54) is 51.4 Å². The van der Waals surface area contributed by atoms with Gasteiger partial charge in [-0.2, -0.15) is 92.2 Å². The fourth-order valence-electron chi connectivity index (χ4n) is 5.23. The van der Waals surface area contributed by atoms with Crippen LogP contribution in [-0.4, -0.2) is 84.6 Å². The number of hydrogen-bond acceptors (Lipinski definition) is 4. The van der Waals surface area contributed by atoms with E-state index in [0.717, 1.165) is 38.5 Å². The molecule has 0 aromatic carbocycles. The van der Waals surface area contributed by atoms with Crippen LogP contribution in [0.5, 0.6) is 0 Å². The van der Waals surface area contributed by atoms with Gasteiger partial charge < -0.3 is 9.47 Å². The van der Waals surface area contributed by atoms with Gasteiger partial charge in [0.1, 0.15) is 0 Å². The molecule has 0 saturated heterocycles. The standard InChI is InChI=1S/C34H45F21O4/c1-2-3-4-5-6-7-8-9-10-11-12-13-14-15-16-17-21-58-23(56)18-19-24(57)59-22-20-25(35,36)26(37,38)27(39,40)28(41,42)29(43,44)30(45,46)31(47,48)32(49,50)33(51,52)34(53,54)55/h2-22H2,1H3. The molecular weight excluding hydrogens is 871 g/mol. The van der Waals surface area contributed by atoms with E-state index >= 15 is 0 Å². The number of carbonyl (C=O) groups excluding carboxylic acids is 2. The number of unbranched alkanes of at least 4 members (excludes halogenated alkanes) is 15. The number of alkyl halides is 21. The maximum absolute atomic E-state index is 14.0. The molecule has 59 heavy (non-hydrogen) atoms. The van der Waals surface area contributed by atoms with E-state index in [2.05, 4.69) is 11.7 Å². The Morgan fingerprint density at radius 1 is 0.339 bits per heavy atom. The molecule has 25 heteroatoms. The molecule has 0 N–H and O–H groups in total. The van der Waals surface area contributed by atoms with Gasteiger partial charge in [-0.25, -0.2) is 0 Å². The number of hydrogen-bond donors (Lipinski definition) is 0. The lowest BCUT2D eigenvalue weighted by molar-refractivity contribution is -0.474. The average molecular weight is 917 g/mol. The zero-order valence-corrected chi connectivity index (χ0v) is 31.4. The molecule has 0 amide bonds. The average Bonchev–Trinajstić information content (AvgIpc) is 3.10. The highest BCUT2D eigenvalue weighted by atomic mass is 19.4. The molecule has 352 valence electrons. The Morgan fingerprint density at radius 2 is 0.593 bits per heavy atom. The molecular formula is C34H45F21O4. The topological polar surface area (TPSA) is 52.6 Å². The van der Waals surface area contributed by atoms with Crippen molar-refractivity contribution in [1.29, 1.82) is 0 Å². The monoisotopic (exact) mass is 916 g/mol. The Kier molecular flexibility index (Phi) is 21.1. The summed E-state index contributed by atoms with van der Waals surface area (Å²) in [5, 5.41) is 0. The van der Waals surface area contributed by atoms with Crippen LogP contribution in [0.15, 0.2) is 0 Å². The molecule has 0 aromatic heterocycles. The third-order valence-corrected chi connectivity index (χ3v) is 9.05. The van der Waals surface area contributed by atoms with Crippen molar-refractivity contribution in [2.24, 2.45) is 0 Å². The van der Waals surface area contributed by atoms with Gasteiger partial charge in [0.25, 0.3) is 0 Å². The summed E-state index contributed by atoms with van der Waals surface area (Å²) in [6.07, 6.45) is 3.94. The maximum Gasteiger partial charge on any atom is 0.460 e. The molecule has 0 bridgehead atoms. The van der Waals surface area contributed by atoms with E-state index in [4.69, 9.17) is 4.74 Å². The molecule has 0 rings (SSSR count). The Hall–Kier alpha value is -2.53. The molecule has 0 aliphatic carbocycles. The van der Waals surface area contributed by atoms with Crippen LogP contribution in [0.25, 0.3) is 0 Å². The summed E-state index contributed by atoms with van der Waals surface area (Å²) < 4.78 is 292. The summed E-state index contributed by atoms with van der Waals surface area (Å²) in [6.45, 7) is -0.174. The van der Waals surface area contributed by atoms with Crippen LogP contribution in [0.3, 0.4) is 0 Å². The fraction of sp³-hybridized carbons (Fsp3) is 0.941. The van der Waals surface area contributed by atoms with Gasteiger partial charge in [-0.05, 0) is 6.42 Å². The fourth-order valence-corrected chi connectivity index (χ4v) is 5.23. The molecule has 0 atom stereocenters. The van der Waals surface area contributed by atoms with E-state index in [1.54, 1.807) is 0 Å². The molecule has 0 saturated carbocycles. The Balaban J connectivity index is 4.99. The van der Waals surface area contributed by atoms with Crippen molar-refractivity contribution in [3.8, 4) is 0 Å². The van der Waals surface area contributed by atoms with Crippen LogP contribution in [0.1, 0.15) is 129 Å². The first-order chi connectivity index (χ1) is 26.6. The lowest BCUT2D eigenvalue weighted by Gasteiger charge is -2.44. The quantitative estimate of drug-likeness (QED) is 0.0395. The third-order valence-electron chi connectivity index (χ3n) is 9.05. The van der Waals surface area contributed by atoms with E-state index in [1.807, 2.05) is 0 Å². The van der Waals surface area contributed by atoms with Gasteiger partial charge >= 0.3 is 71.4 Å². The summed E-state index contributed by atoms with van der Waals surface area (Å²) >= 11 is 0. The highest BCUT2D eigenvalue weighted by Gasteiger charge is 2.97. The smallest absolute Gasteiger partial charge is 0.460 e. The van der Waals surface area contributed by atoms with Crippen molar-refractivity contribution in [3.05, 3.63) is 0 Å². The van der Waals surface area contributed by atoms with Gasteiger partial charge in [0, 0.05) is 0 Å². The zero-order valence-electron chi connectivity index (χ0n) is 31.4. The van der Waals surface area contributed by atoms with Gasteiger partial charge in [0.05, 0.1) is 32.5 Å². The summed E-state index contributed by atoms with van der Waals surface area (Å²) in [5.41, 5.74) is 0. The lowest BCUT2D eigenvalue weighted by Crippen LogP contribution is -2.76. The summed E-state index contributed by atoms with van der Waals surface area (Å²) in [7, 11) is 0. The van der Waals surface area contributed by atoms with Crippen LogP contribution in [0.4, 0.5) is 92.2 Å². The van der Waals surface area contributed by atoms with Crippen molar-refractivity contribution in [1.82, 2.24) is 0 Å². The largest absolute Gasteiger partial charge is 0.466 e. The molecule has 0 heterocycles. The second kappa shape index (κ2) is 22.0. The number of rotatable bonds is 31. The maximum atomic E-state index is 14.0. The van der Waals surface area contributed by atoms with E-state index < -0.39 is 97.3 Å². The van der Waals surface area contributed by atoms with Crippen molar-refractivity contribution in [2.75, 3.05) is 13.2 Å². The first kappa shape index (κ1) is 56.5. The molecule has 0 aliphatic heterocycles. The summed E-state index contributed by atoms with van der Waals surface area (Å²) in [5.74, 6) is -80.7. The van der Waals surface area contributed by atoms with Gasteiger partial charge in [-0.15, -0.1) is 0 Å². The molecule has 0 aromatic rings. The summed E-state index contributed by atoms with van der Waals surface area (Å²) in [6, 6.07) is 0. The first-order valence-electron chi connectivity index (χ1n) is 18.4. The van der Waals surface area contributed by atoms with E-state index in [0.29, 0.717) is 12.8 Å². The van der Waals surface area contributed by atoms with E-state index in [-0.39, 0.29) is 6.61 Å². The Labute approximate surface area is 325 Å². The molecule has 0 radical (unpaired) electrons. The number of carbonyl (C=O) groups is 2. The Morgan fingerprint density at radius 3 is 0.898 bits per heavy atom. The number of ether oxygens (including phenoxy) is 2. The minimum atomic E-state index is -9.25. The minimum absolute atomic E-state index is 0.127. The van der Waals surface area contributed by atoms with Gasteiger partial charge in [0.2, 0.25) is 0 Å². The van der Waals surface area contributed by atoms with Crippen molar-refractivity contribution < 1.29 is 111 Å². The predicted octanol–water partition coefficient (Wildman–Crippen LogP) is 13.8. The first-order valence-corrected chi connectivity index (χ1v) is 18.4.